The van der Waals surface area contributed by atoms with Crippen molar-refractivity contribution in [2.75, 3.05) is 18.1 Å². The molecule has 3 heteroatoms. The second-order valence-corrected chi connectivity index (χ2v) is 5.25. The maximum atomic E-state index is 11.2. The number of ketones is 1. The van der Waals surface area contributed by atoms with Crippen molar-refractivity contribution in [2.24, 2.45) is 0 Å². The second kappa shape index (κ2) is 4.01. The minimum absolute atomic E-state index is 0.468. The molecule has 2 nitrogen and oxygen atoms in total. The summed E-state index contributed by atoms with van der Waals surface area (Å²) >= 11 is 2.04. The van der Waals surface area contributed by atoms with Crippen molar-refractivity contribution in [3.8, 4) is 0 Å². The molecule has 13 heavy (non-hydrogen) atoms. The van der Waals surface area contributed by atoms with E-state index in [0.29, 0.717) is 17.9 Å². The van der Waals surface area contributed by atoms with Crippen molar-refractivity contribution in [1.82, 2.24) is 4.90 Å². The van der Waals surface area contributed by atoms with Crippen LogP contribution in [-0.2, 0) is 4.79 Å². The van der Waals surface area contributed by atoms with Gasteiger partial charge in [0.2, 0.25) is 0 Å². The summed E-state index contributed by atoms with van der Waals surface area (Å²) in [4.78, 5) is 13.7. The Bertz CT molecular complexity index is 207. The first-order valence-electron chi connectivity index (χ1n) is 5.12. The zero-order valence-corrected chi connectivity index (χ0v) is 8.98. The highest BCUT2D eigenvalue weighted by Crippen LogP contribution is 2.26. The Morgan fingerprint density at radius 2 is 2.38 bits per heavy atom. The van der Waals surface area contributed by atoms with E-state index in [2.05, 4.69) is 11.8 Å². The summed E-state index contributed by atoms with van der Waals surface area (Å²) < 4.78 is 0. The molecule has 1 aliphatic carbocycles. The Morgan fingerprint density at radius 1 is 1.54 bits per heavy atom. The van der Waals surface area contributed by atoms with Gasteiger partial charge < -0.3 is 0 Å². The fourth-order valence-corrected chi connectivity index (χ4v) is 3.40. The van der Waals surface area contributed by atoms with Crippen LogP contribution in [-0.4, -0.2) is 40.8 Å². The Balaban J connectivity index is 1.94. The Labute approximate surface area is 84.1 Å². The molecule has 0 aromatic heterocycles. The van der Waals surface area contributed by atoms with Crippen molar-refractivity contribution in [1.29, 1.82) is 0 Å². The normalized spacial score (nSPS) is 36.8. The van der Waals surface area contributed by atoms with Crippen LogP contribution in [0.25, 0.3) is 0 Å². The van der Waals surface area contributed by atoms with Crippen LogP contribution in [0.5, 0.6) is 0 Å². The van der Waals surface area contributed by atoms with E-state index in [9.17, 15) is 4.79 Å². The molecule has 0 N–H and O–H groups in total. The first kappa shape index (κ1) is 9.53. The van der Waals surface area contributed by atoms with Gasteiger partial charge in [-0.2, -0.15) is 11.8 Å². The molecule has 0 aromatic carbocycles. The number of rotatable bonds is 1. The molecule has 2 rings (SSSR count). The Kier molecular flexibility index (Phi) is 2.94. The molecule has 0 amide bonds. The van der Waals surface area contributed by atoms with Crippen LogP contribution < -0.4 is 0 Å². The summed E-state index contributed by atoms with van der Waals surface area (Å²) in [6, 6.07) is 1.25. The highest BCUT2D eigenvalue weighted by atomic mass is 32.2. The first-order valence-corrected chi connectivity index (χ1v) is 6.28. The summed E-state index contributed by atoms with van der Waals surface area (Å²) in [5.74, 6) is 2.95. The molecule has 1 aliphatic heterocycles. The molecule has 1 saturated carbocycles. The van der Waals surface area contributed by atoms with Gasteiger partial charge in [0.05, 0.1) is 0 Å². The van der Waals surface area contributed by atoms with E-state index in [4.69, 9.17) is 0 Å². The lowest BCUT2D eigenvalue weighted by molar-refractivity contribution is -0.117. The molecule has 1 heterocycles. The molecule has 0 aromatic rings. The number of nitrogens with zero attached hydrogens (tertiary/aromatic N) is 1. The van der Waals surface area contributed by atoms with Gasteiger partial charge in [-0.25, -0.2) is 0 Å². The maximum absolute atomic E-state index is 11.2. The monoisotopic (exact) mass is 199 g/mol. The molecule has 2 fully saturated rings. The molecule has 1 saturated heterocycles. The van der Waals surface area contributed by atoms with Crippen LogP contribution in [0.15, 0.2) is 0 Å². The minimum Gasteiger partial charge on any atom is -0.300 e. The zero-order valence-electron chi connectivity index (χ0n) is 8.16. The molecule has 2 aliphatic rings. The average molecular weight is 199 g/mol. The van der Waals surface area contributed by atoms with E-state index in [1.54, 1.807) is 0 Å². The van der Waals surface area contributed by atoms with Crippen molar-refractivity contribution >= 4 is 17.5 Å². The number of Topliss-reactive ketones (excluding diaryl/α,β-unsaturated/α-hetero) is 1. The smallest absolute Gasteiger partial charge is 0.134 e. The maximum Gasteiger partial charge on any atom is 0.134 e. The fraction of sp³-hybridized carbons (Fsp3) is 0.900. The van der Waals surface area contributed by atoms with Gasteiger partial charge in [0.1, 0.15) is 5.78 Å². The molecule has 2 unspecified atom stereocenters. The molecular formula is C10H17NOS. The fourth-order valence-electron chi connectivity index (χ4n) is 2.36. The number of thioether (sulfide) groups is 1. The van der Waals surface area contributed by atoms with Crippen LogP contribution in [0.1, 0.15) is 26.2 Å². The third kappa shape index (κ3) is 2.08. The molecule has 2 atom stereocenters. The Morgan fingerprint density at radius 3 is 3.00 bits per heavy atom. The highest BCUT2D eigenvalue weighted by Gasteiger charge is 2.31. The topological polar surface area (TPSA) is 20.3 Å². The third-order valence-electron chi connectivity index (χ3n) is 3.11. The van der Waals surface area contributed by atoms with E-state index < -0.39 is 0 Å². The lowest BCUT2D eigenvalue weighted by atomic mass is 10.1. The van der Waals surface area contributed by atoms with Gasteiger partial charge in [-0.1, -0.05) is 0 Å². The van der Waals surface area contributed by atoms with Gasteiger partial charge in [0, 0.05) is 43.0 Å². The van der Waals surface area contributed by atoms with Gasteiger partial charge >= 0.3 is 0 Å². The van der Waals surface area contributed by atoms with Gasteiger partial charge in [-0.05, 0) is 13.3 Å². The van der Waals surface area contributed by atoms with Crippen molar-refractivity contribution in [3.63, 3.8) is 0 Å². The predicted octanol–water partition coefficient (Wildman–Crippen LogP) is 1.55. The van der Waals surface area contributed by atoms with Gasteiger partial charge in [0.25, 0.3) is 0 Å². The van der Waals surface area contributed by atoms with Crippen LogP contribution in [0.4, 0.5) is 0 Å². The van der Waals surface area contributed by atoms with Crippen LogP contribution in [0.2, 0.25) is 0 Å². The molecule has 74 valence electrons. The van der Waals surface area contributed by atoms with E-state index >= 15 is 0 Å². The number of hydrogen-bond acceptors (Lipinski definition) is 3. The van der Waals surface area contributed by atoms with Crippen LogP contribution in [0, 0.1) is 0 Å². The average Bonchev–Trinajstić information content (AvgIpc) is 2.53. The Hall–Kier alpha value is -0.0200. The summed E-state index contributed by atoms with van der Waals surface area (Å²) in [5, 5.41) is 0. The summed E-state index contributed by atoms with van der Waals surface area (Å²) in [5.41, 5.74) is 0. The first-order chi connectivity index (χ1) is 6.27. The molecule has 0 spiro atoms. The van der Waals surface area contributed by atoms with Crippen molar-refractivity contribution in [2.45, 2.75) is 38.3 Å². The summed E-state index contributed by atoms with van der Waals surface area (Å²) in [6.45, 7) is 3.47. The van der Waals surface area contributed by atoms with Crippen LogP contribution in [0.3, 0.4) is 0 Å². The standard InChI is InChI=1S/C10H17NOS/c1-8-7-13-5-4-11(8)9-2-3-10(12)6-9/h8-9H,2-7H2,1H3. The second-order valence-electron chi connectivity index (χ2n) is 4.10. The number of hydrogen-bond donors (Lipinski definition) is 0. The summed E-state index contributed by atoms with van der Waals surface area (Å²) in [7, 11) is 0. The SMILES string of the molecule is CC1CSCCN1C1CCC(=O)C1. The number of carbonyl (C=O) groups excluding carboxylic acids is 1. The molecule has 0 bridgehead atoms. The van der Waals surface area contributed by atoms with E-state index in [0.717, 1.165) is 19.3 Å². The predicted molar refractivity (Wildman–Crippen MR) is 56.1 cm³/mol. The van der Waals surface area contributed by atoms with Gasteiger partial charge in [-0.15, -0.1) is 0 Å². The number of carbonyl (C=O) groups is 1. The van der Waals surface area contributed by atoms with Crippen molar-refractivity contribution < 1.29 is 4.79 Å². The largest absolute Gasteiger partial charge is 0.300 e. The van der Waals surface area contributed by atoms with Gasteiger partial charge in [0.15, 0.2) is 0 Å². The van der Waals surface area contributed by atoms with E-state index in [-0.39, 0.29) is 0 Å². The lowest BCUT2D eigenvalue weighted by Gasteiger charge is -2.37. The lowest BCUT2D eigenvalue weighted by Crippen LogP contribution is -2.46. The van der Waals surface area contributed by atoms with Crippen LogP contribution >= 0.6 is 11.8 Å². The molecule has 0 radical (unpaired) electrons. The highest BCUT2D eigenvalue weighted by molar-refractivity contribution is 7.99. The minimum atomic E-state index is 0.468. The quantitative estimate of drug-likeness (QED) is 0.639. The zero-order chi connectivity index (χ0) is 9.26. The summed E-state index contributed by atoms with van der Waals surface area (Å²) in [6.07, 6.45) is 2.74. The van der Waals surface area contributed by atoms with Gasteiger partial charge in [-0.3, -0.25) is 9.69 Å². The van der Waals surface area contributed by atoms with E-state index in [1.165, 1.54) is 18.1 Å². The van der Waals surface area contributed by atoms with Crippen molar-refractivity contribution in [3.05, 3.63) is 0 Å². The van der Waals surface area contributed by atoms with E-state index in [1.807, 2.05) is 11.8 Å². The molecular weight excluding hydrogens is 182 g/mol. The third-order valence-corrected chi connectivity index (χ3v) is 4.30.